The van der Waals surface area contributed by atoms with Gasteiger partial charge in [0.25, 0.3) is 0 Å². The third kappa shape index (κ3) is 4.88. The van der Waals surface area contributed by atoms with Gasteiger partial charge in [-0.1, -0.05) is 26.0 Å². The molecule has 0 aliphatic heterocycles. The highest BCUT2D eigenvalue weighted by Gasteiger charge is 2.20. The lowest BCUT2D eigenvalue weighted by molar-refractivity contribution is 0.232. The predicted octanol–water partition coefficient (Wildman–Crippen LogP) is 3.41. The summed E-state index contributed by atoms with van der Waals surface area (Å²) in [5, 5.41) is 12.1. The molecular weight excluding hydrogens is 248 g/mol. The van der Waals surface area contributed by atoms with Gasteiger partial charge in [0.15, 0.2) is 11.6 Å². The lowest BCUT2D eigenvalue weighted by Crippen LogP contribution is -2.32. The van der Waals surface area contributed by atoms with E-state index in [-0.39, 0.29) is 18.1 Å². The maximum Gasteiger partial charge on any atom is 0.163 e. The van der Waals surface area contributed by atoms with E-state index < -0.39 is 11.6 Å². The van der Waals surface area contributed by atoms with E-state index in [0.29, 0.717) is 12.1 Å². The first-order valence-electron chi connectivity index (χ1n) is 6.65. The standard InChI is InChI=1S/C15H23F2NO/c1-11(12-6-4-7-13(16)14(12)17)18-10-15(2,3)8-5-9-19/h4,6-7,11,18-19H,5,8-10H2,1-3H3. The van der Waals surface area contributed by atoms with E-state index in [9.17, 15) is 8.78 Å². The molecule has 0 heterocycles. The van der Waals surface area contributed by atoms with Gasteiger partial charge in [-0.2, -0.15) is 0 Å². The SMILES string of the molecule is CC(NCC(C)(C)CCCO)c1cccc(F)c1F. The van der Waals surface area contributed by atoms with Crippen LogP contribution in [0.3, 0.4) is 0 Å². The molecule has 0 saturated carbocycles. The van der Waals surface area contributed by atoms with Crippen LogP contribution in [0.1, 0.15) is 45.2 Å². The van der Waals surface area contributed by atoms with Gasteiger partial charge in [0.05, 0.1) is 0 Å². The summed E-state index contributed by atoms with van der Waals surface area (Å²) in [5.41, 5.74) is 0.360. The molecule has 2 N–H and O–H groups in total. The van der Waals surface area contributed by atoms with E-state index in [2.05, 4.69) is 19.2 Å². The molecule has 1 rings (SSSR count). The van der Waals surface area contributed by atoms with Gasteiger partial charge in [0.2, 0.25) is 0 Å². The van der Waals surface area contributed by atoms with Crippen LogP contribution in [-0.4, -0.2) is 18.3 Å². The Balaban J connectivity index is 2.60. The summed E-state index contributed by atoms with van der Waals surface area (Å²) in [6.45, 7) is 6.86. The second kappa shape index (κ2) is 6.96. The highest BCUT2D eigenvalue weighted by molar-refractivity contribution is 5.22. The smallest absolute Gasteiger partial charge is 0.163 e. The molecule has 1 aromatic rings. The van der Waals surface area contributed by atoms with Crippen LogP contribution in [0.5, 0.6) is 0 Å². The molecule has 4 heteroatoms. The molecular formula is C15H23F2NO. The van der Waals surface area contributed by atoms with E-state index in [1.165, 1.54) is 6.07 Å². The molecule has 19 heavy (non-hydrogen) atoms. The largest absolute Gasteiger partial charge is 0.396 e. The first-order chi connectivity index (χ1) is 8.87. The van der Waals surface area contributed by atoms with Gasteiger partial charge in [-0.15, -0.1) is 0 Å². The molecule has 0 radical (unpaired) electrons. The Bertz CT molecular complexity index is 407. The Morgan fingerprint density at radius 3 is 2.63 bits per heavy atom. The summed E-state index contributed by atoms with van der Waals surface area (Å²) >= 11 is 0. The lowest BCUT2D eigenvalue weighted by atomic mass is 9.87. The zero-order chi connectivity index (χ0) is 14.5. The van der Waals surface area contributed by atoms with Crippen molar-refractivity contribution >= 4 is 0 Å². The van der Waals surface area contributed by atoms with E-state index in [0.717, 1.165) is 18.9 Å². The van der Waals surface area contributed by atoms with E-state index in [1.54, 1.807) is 6.07 Å². The highest BCUT2D eigenvalue weighted by atomic mass is 19.2. The Labute approximate surface area is 113 Å². The van der Waals surface area contributed by atoms with Crippen LogP contribution in [0.25, 0.3) is 0 Å². The summed E-state index contributed by atoms with van der Waals surface area (Å²) < 4.78 is 26.8. The number of rotatable bonds is 7. The molecule has 0 saturated heterocycles. The number of hydrogen-bond acceptors (Lipinski definition) is 2. The summed E-state index contributed by atoms with van der Waals surface area (Å²) in [7, 11) is 0. The number of hydrogen-bond donors (Lipinski definition) is 2. The second-order valence-electron chi connectivity index (χ2n) is 5.74. The maximum absolute atomic E-state index is 13.6. The van der Waals surface area contributed by atoms with Gasteiger partial charge in [-0.3, -0.25) is 0 Å². The normalized spacial score (nSPS) is 13.6. The Kier molecular flexibility index (Phi) is 5.88. The van der Waals surface area contributed by atoms with Crippen molar-refractivity contribution in [2.24, 2.45) is 5.41 Å². The molecule has 0 aliphatic rings. The van der Waals surface area contributed by atoms with Crippen LogP contribution < -0.4 is 5.32 Å². The number of aliphatic hydroxyl groups is 1. The predicted molar refractivity (Wildman–Crippen MR) is 72.9 cm³/mol. The van der Waals surface area contributed by atoms with E-state index in [1.807, 2.05) is 6.92 Å². The quantitative estimate of drug-likeness (QED) is 0.796. The fraction of sp³-hybridized carbons (Fsp3) is 0.600. The van der Waals surface area contributed by atoms with Gasteiger partial charge >= 0.3 is 0 Å². The fourth-order valence-electron chi connectivity index (χ4n) is 2.04. The zero-order valence-electron chi connectivity index (χ0n) is 11.8. The van der Waals surface area contributed by atoms with E-state index >= 15 is 0 Å². The van der Waals surface area contributed by atoms with Crippen molar-refractivity contribution in [3.8, 4) is 0 Å². The van der Waals surface area contributed by atoms with Crippen molar-refractivity contribution < 1.29 is 13.9 Å². The topological polar surface area (TPSA) is 32.3 Å². The van der Waals surface area contributed by atoms with Gasteiger partial charge in [-0.25, -0.2) is 8.78 Å². The van der Waals surface area contributed by atoms with Crippen LogP contribution in [0.15, 0.2) is 18.2 Å². The van der Waals surface area contributed by atoms with Gasteiger partial charge < -0.3 is 10.4 Å². The Morgan fingerprint density at radius 1 is 1.32 bits per heavy atom. The molecule has 0 aromatic heterocycles. The number of nitrogens with one attached hydrogen (secondary N) is 1. The molecule has 0 bridgehead atoms. The molecule has 0 fully saturated rings. The second-order valence-corrected chi connectivity index (χ2v) is 5.74. The first kappa shape index (κ1) is 16.1. The number of halogens is 2. The van der Waals surface area contributed by atoms with Crippen LogP contribution in [0.2, 0.25) is 0 Å². The molecule has 2 nitrogen and oxygen atoms in total. The van der Waals surface area contributed by atoms with Crippen molar-refractivity contribution in [2.75, 3.05) is 13.2 Å². The fourth-order valence-corrected chi connectivity index (χ4v) is 2.04. The molecule has 108 valence electrons. The summed E-state index contributed by atoms with van der Waals surface area (Å²) in [5.74, 6) is -1.60. The average molecular weight is 271 g/mol. The minimum atomic E-state index is -0.814. The molecule has 1 atom stereocenters. The van der Waals surface area contributed by atoms with Crippen LogP contribution >= 0.6 is 0 Å². The summed E-state index contributed by atoms with van der Waals surface area (Å²) in [6, 6.07) is 3.99. The Morgan fingerprint density at radius 2 is 2.00 bits per heavy atom. The Hall–Kier alpha value is -1.00. The molecule has 0 amide bonds. The molecule has 0 aliphatic carbocycles. The van der Waals surface area contributed by atoms with Crippen LogP contribution in [0.4, 0.5) is 8.78 Å². The third-order valence-electron chi connectivity index (χ3n) is 3.35. The maximum atomic E-state index is 13.6. The van der Waals surface area contributed by atoms with Crippen molar-refractivity contribution in [1.29, 1.82) is 0 Å². The van der Waals surface area contributed by atoms with Crippen LogP contribution in [0, 0.1) is 17.0 Å². The summed E-state index contributed by atoms with van der Waals surface area (Å²) in [6.07, 6.45) is 1.63. The average Bonchev–Trinajstić information content (AvgIpc) is 2.37. The monoisotopic (exact) mass is 271 g/mol. The molecule has 1 aromatic carbocycles. The minimum Gasteiger partial charge on any atom is -0.396 e. The lowest BCUT2D eigenvalue weighted by Gasteiger charge is -2.27. The van der Waals surface area contributed by atoms with Gasteiger partial charge in [-0.05, 0) is 31.2 Å². The molecule has 0 spiro atoms. The summed E-state index contributed by atoms with van der Waals surface area (Å²) in [4.78, 5) is 0. The zero-order valence-corrected chi connectivity index (χ0v) is 11.8. The van der Waals surface area contributed by atoms with Gasteiger partial charge in [0.1, 0.15) is 0 Å². The highest BCUT2D eigenvalue weighted by Crippen LogP contribution is 2.24. The number of benzene rings is 1. The van der Waals surface area contributed by atoms with Crippen LogP contribution in [-0.2, 0) is 0 Å². The van der Waals surface area contributed by atoms with Crippen molar-refractivity contribution in [2.45, 2.75) is 39.7 Å². The van der Waals surface area contributed by atoms with Crippen molar-refractivity contribution in [1.82, 2.24) is 5.32 Å². The van der Waals surface area contributed by atoms with E-state index in [4.69, 9.17) is 5.11 Å². The molecule has 1 unspecified atom stereocenters. The van der Waals surface area contributed by atoms with Crippen molar-refractivity contribution in [3.63, 3.8) is 0 Å². The number of aliphatic hydroxyl groups excluding tert-OH is 1. The minimum absolute atomic E-state index is 0.0147. The van der Waals surface area contributed by atoms with Gasteiger partial charge in [0, 0.05) is 24.8 Å². The first-order valence-corrected chi connectivity index (χ1v) is 6.65. The van der Waals surface area contributed by atoms with Crippen molar-refractivity contribution in [3.05, 3.63) is 35.4 Å². The third-order valence-corrected chi connectivity index (χ3v) is 3.35.